The molecule has 4 heterocycles. The molecule has 4 aromatic rings. The van der Waals surface area contributed by atoms with Crippen molar-refractivity contribution in [2.75, 3.05) is 26.3 Å². The van der Waals surface area contributed by atoms with E-state index in [2.05, 4.69) is 50.2 Å². The van der Waals surface area contributed by atoms with Crippen LogP contribution in [-0.2, 0) is 17.0 Å². The first-order valence-electron chi connectivity index (χ1n) is 11.3. The lowest BCUT2D eigenvalue weighted by Gasteiger charge is -2.31. The van der Waals surface area contributed by atoms with Gasteiger partial charge in [0.2, 0.25) is 0 Å². The van der Waals surface area contributed by atoms with Crippen LogP contribution in [0, 0.1) is 0 Å². The number of rotatable bonds is 5. The summed E-state index contributed by atoms with van der Waals surface area (Å²) in [4.78, 5) is 15.6. The summed E-state index contributed by atoms with van der Waals surface area (Å²) in [5, 5.41) is 2.02. The van der Waals surface area contributed by atoms with E-state index in [1.54, 1.807) is 12.4 Å². The van der Waals surface area contributed by atoms with Crippen LogP contribution < -0.4 is 0 Å². The molecule has 5 nitrogen and oxygen atoms in total. The molecule has 0 atom stereocenters. The van der Waals surface area contributed by atoms with Gasteiger partial charge in [0.15, 0.2) is 5.67 Å². The second kappa shape index (κ2) is 8.47. The fraction of sp³-hybridized carbons (Fsp3) is 0.360. The third-order valence-corrected chi connectivity index (χ3v) is 8.15. The topological polar surface area (TPSA) is 54.0 Å². The summed E-state index contributed by atoms with van der Waals surface area (Å²) >= 11 is 7.97. The number of thiazole rings is 1. The Hall–Kier alpha value is -2.32. The number of pyridine rings is 1. The van der Waals surface area contributed by atoms with Crippen LogP contribution in [0.2, 0.25) is 5.02 Å². The predicted octanol–water partition coefficient (Wildman–Crippen LogP) is 6.19. The minimum Gasteiger partial charge on any atom is -0.379 e. The van der Waals surface area contributed by atoms with Gasteiger partial charge in [0.1, 0.15) is 10.7 Å². The van der Waals surface area contributed by atoms with Gasteiger partial charge in [0.05, 0.1) is 23.1 Å². The normalized spacial score (nSPS) is 18.5. The number of benzene rings is 1. The molecule has 170 valence electrons. The number of aromatic nitrogens is 3. The van der Waals surface area contributed by atoms with Gasteiger partial charge in [-0.15, -0.1) is 11.3 Å². The molecular formula is C25H24ClFN4OS. The zero-order valence-electron chi connectivity index (χ0n) is 18.1. The second-order valence-corrected chi connectivity index (χ2v) is 10.3. The monoisotopic (exact) mass is 482 g/mol. The van der Waals surface area contributed by atoms with Crippen LogP contribution in [0.5, 0.6) is 0 Å². The number of morpholine rings is 1. The summed E-state index contributed by atoms with van der Waals surface area (Å²) in [6, 6.07) is 10.7. The number of alkyl halides is 1. The summed E-state index contributed by atoms with van der Waals surface area (Å²) in [5.41, 5.74) is 3.70. The van der Waals surface area contributed by atoms with Crippen LogP contribution in [0.1, 0.15) is 29.8 Å². The van der Waals surface area contributed by atoms with Crippen LogP contribution in [0.15, 0.2) is 42.7 Å². The molecule has 1 aromatic carbocycles. The molecule has 33 heavy (non-hydrogen) atoms. The summed E-state index contributed by atoms with van der Waals surface area (Å²) in [7, 11) is 0. The number of ether oxygens (including phenoxy) is 1. The Morgan fingerprint density at radius 3 is 2.64 bits per heavy atom. The summed E-state index contributed by atoms with van der Waals surface area (Å²) in [5.74, 6) is 0. The molecule has 1 saturated heterocycles. The molecule has 0 bridgehead atoms. The summed E-state index contributed by atoms with van der Waals surface area (Å²) in [6.45, 7) is 4.49. The average molecular weight is 483 g/mol. The zero-order valence-corrected chi connectivity index (χ0v) is 19.7. The number of nitrogens with zero attached hydrogens (tertiary/aromatic N) is 3. The number of fused-ring (bicyclic) bond motifs is 1. The Balaban J connectivity index is 1.30. The smallest absolute Gasteiger partial charge is 0.162 e. The number of H-pyrrole nitrogens is 1. The first-order valence-corrected chi connectivity index (χ1v) is 12.5. The average Bonchev–Trinajstić information content (AvgIpc) is 3.46. The Kier molecular flexibility index (Phi) is 5.45. The Morgan fingerprint density at radius 2 is 1.91 bits per heavy atom. The van der Waals surface area contributed by atoms with Crippen molar-refractivity contribution >= 4 is 34.0 Å². The van der Waals surface area contributed by atoms with E-state index in [1.165, 1.54) is 16.9 Å². The van der Waals surface area contributed by atoms with Crippen LogP contribution in [0.4, 0.5) is 4.39 Å². The number of hydrogen-bond acceptors (Lipinski definition) is 5. The fourth-order valence-corrected chi connectivity index (χ4v) is 6.00. The van der Waals surface area contributed by atoms with Crippen LogP contribution in [0.25, 0.3) is 32.7 Å². The minimum absolute atomic E-state index is 0.547. The van der Waals surface area contributed by atoms with E-state index in [0.717, 1.165) is 72.0 Å². The first-order chi connectivity index (χ1) is 16.1. The van der Waals surface area contributed by atoms with Crippen molar-refractivity contribution in [2.24, 2.45) is 0 Å². The highest BCUT2D eigenvalue weighted by Gasteiger charge is 2.41. The molecule has 2 aliphatic rings. The second-order valence-electron chi connectivity index (χ2n) is 8.86. The maximum Gasteiger partial charge on any atom is 0.162 e. The number of nitrogens with one attached hydrogen (secondary N) is 1. The lowest BCUT2D eigenvalue weighted by Crippen LogP contribution is -2.35. The largest absolute Gasteiger partial charge is 0.379 e. The van der Waals surface area contributed by atoms with Crippen molar-refractivity contribution < 1.29 is 9.13 Å². The van der Waals surface area contributed by atoms with Crippen molar-refractivity contribution in [3.05, 3.63) is 58.3 Å². The van der Waals surface area contributed by atoms with Gasteiger partial charge in [-0.2, -0.15) is 0 Å². The van der Waals surface area contributed by atoms with E-state index < -0.39 is 5.67 Å². The third-order valence-electron chi connectivity index (χ3n) is 6.67. The third kappa shape index (κ3) is 3.97. The summed E-state index contributed by atoms with van der Waals surface area (Å²) < 4.78 is 20.3. The lowest BCUT2D eigenvalue weighted by molar-refractivity contribution is 0.0342. The van der Waals surface area contributed by atoms with E-state index in [0.29, 0.717) is 22.9 Å². The maximum absolute atomic E-state index is 14.9. The molecule has 0 spiro atoms. The van der Waals surface area contributed by atoms with Crippen molar-refractivity contribution in [3.63, 3.8) is 0 Å². The van der Waals surface area contributed by atoms with E-state index in [9.17, 15) is 4.39 Å². The SMILES string of the molecule is FC1(c2ncc(-c3c(Cl)cnc4[nH]c(-c5ccc(CN6CCOCC6)cc5)cc34)s2)CCC1. The highest BCUT2D eigenvalue weighted by Crippen LogP contribution is 2.48. The van der Waals surface area contributed by atoms with Crippen molar-refractivity contribution in [1.82, 2.24) is 19.9 Å². The van der Waals surface area contributed by atoms with Crippen LogP contribution >= 0.6 is 22.9 Å². The number of hydrogen-bond donors (Lipinski definition) is 1. The highest BCUT2D eigenvalue weighted by molar-refractivity contribution is 7.15. The van der Waals surface area contributed by atoms with Crippen LogP contribution in [0.3, 0.4) is 0 Å². The molecular weight excluding hydrogens is 459 g/mol. The van der Waals surface area contributed by atoms with Crippen LogP contribution in [-0.4, -0.2) is 46.2 Å². The standard InChI is InChI=1S/C25H24ClFN4OS/c26-19-13-28-23-18(22(19)21-14-29-24(33-21)25(27)6-1-7-25)12-20(30-23)17-4-2-16(3-5-17)15-31-8-10-32-11-9-31/h2-5,12-14H,1,6-11,15H2,(H,28,30). The first kappa shape index (κ1) is 21.2. The van der Waals surface area contributed by atoms with E-state index in [1.807, 2.05) is 0 Å². The molecule has 1 aliphatic carbocycles. The fourth-order valence-electron chi connectivity index (χ4n) is 4.56. The minimum atomic E-state index is -1.27. The molecule has 1 aliphatic heterocycles. The van der Waals surface area contributed by atoms with Gasteiger partial charge in [-0.3, -0.25) is 4.90 Å². The van der Waals surface area contributed by atoms with Gasteiger partial charge in [-0.25, -0.2) is 14.4 Å². The van der Waals surface area contributed by atoms with Gasteiger partial charge in [0.25, 0.3) is 0 Å². The molecule has 2 fully saturated rings. The van der Waals surface area contributed by atoms with Gasteiger partial charge in [-0.1, -0.05) is 35.9 Å². The molecule has 0 radical (unpaired) electrons. The molecule has 0 amide bonds. The molecule has 3 aromatic heterocycles. The van der Waals surface area contributed by atoms with E-state index >= 15 is 0 Å². The zero-order chi connectivity index (χ0) is 22.4. The molecule has 0 unspecified atom stereocenters. The quantitative estimate of drug-likeness (QED) is 0.368. The number of aromatic amines is 1. The van der Waals surface area contributed by atoms with Crippen molar-refractivity contribution in [2.45, 2.75) is 31.5 Å². The molecule has 1 saturated carbocycles. The molecule has 1 N–H and O–H groups in total. The Labute approximate surface area is 200 Å². The predicted molar refractivity (Wildman–Crippen MR) is 130 cm³/mol. The molecule has 6 rings (SSSR count). The highest BCUT2D eigenvalue weighted by atomic mass is 35.5. The Morgan fingerprint density at radius 1 is 1.12 bits per heavy atom. The van der Waals surface area contributed by atoms with Crippen molar-refractivity contribution in [1.29, 1.82) is 0 Å². The number of halogens is 2. The Bertz CT molecular complexity index is 1290. The van der Waals surface area contributed by atoms with Gasteiger partial charge < -0.3 is 9.72 Å². The summed E-state index contributed by atoms with van der Waals surface area (Å²) in [6.07, 6.45) is 5.41. The van der Waals surface area contributed by atoms with Gasteiger partial charge in [-0.05, 0) is 36.5 Å². The van der Waals surface area contributed by atoms with E-state index in [-0.39, 0.29) is 0 Å². The van der Waals surface area contributed by atoms with E-state index in [4.69, 9.17) is 16.3 Å². The van der Waals surface area contributed by atoms with Crippen molar-refractivity contribution in [3.8, 4) is 21.7 Å². The van der Waals surface area contributed by atoms with Gasteiger partial charge >= 0.3 is 0 Å². The lowest BCUT2D eigenvalue weighted by atomic mass is 9.83. The maximum atomic E-state index is 14.9. The van der Waals surface area contributed by atoms with Gasteiger partial charge in [0, 0.05) is 48.7 Å². The molecule has 8 heteroatoms.